The number of carbonyl (C=O) groups is 1. The van der Waals surface area contributed by atoms with Crippen LogP contribution in [-0.2, 0) is 9.53 Å². The van der Waals surface area contributed by atoms with Gasteiger partial charge in [-0.15, -0.1) is 11.8 Å². The molecule has 1 heterocycles. The van der Waals surface area contributed by atoms with Crippen molar-refractivity contribution in [1.82, 2.24) is 10.6 Å². The fourth-order valence-electron chi connectivity index (χ4n) is 1.12. The van der Waals surface area contributed by atoms with Crippen molar-refractivity contribution in [1.29, 1.82) is 0 Å². The van der Waals surface area contributed by atoms with Gasteiger partial charge in [-0.1, -0.05) is 0 Å². The Morgan fingerprint density at radius 3 is 3.20 bits per heavy atom. The minimum Gasteiger partial charge on any atom is -0.466 e. The Labute approximate surface area is 102 Å². The lowest BCUT2D eigenvalue weighted by molar-refractivity contribution is -0.142. The van der Waals surface area contributed by atoms with Gasteiger partial charge in [0.1, 0.15) is 0 Å². The van der Waals surface area contributed by atoms with E-state index in [-0.39, 0.29) is 5.97 Å². The third kappa shape index (κ3) is 5.44. The van der Waals surface area contributed by atoms with E-state index in [4.69, 9.17) is 4.74 Å². The van der Waals surface area contributed by atoms with Gasteiger partial charge in [0.2, 0.25) is 0 Å². The van der Waals surface area contributed by atoms with E-state index in [2.05, 4.69) is 26.6 Å². The van der Waals surface area contributed by atoms with E-state index in [1.807, 2.05) is 12.3 Å². The van der Waals surface area contributed by atoms with Gasteiger partial charge in [0.05, 0.1) is 23.0 Å². The summed E-state index contributed by atoms with van der Waals surface area (Å²) in [4.78, 5) is 11.0. The number of hydrogen-bond acceptors (Lipinski definition) is 5. The van der Waals surface area contributed by atoms with E-state index < -0.39 is 0 Å². The van der Waals surface area contributed by atoms with Crippen LogP contribution in [0.1, 0.15) is 13.3 Å². The van der Waals surface area contributed by atoms with Gasteiger partial charge in [0, 0.05) is 18.5 Å². The molecule has 1 aliphatic heterocycles. The normalized spacial score (nSPS) is 19.6. The van der Waals surface area contributed by atoms with E-state index in [0.29, 0.717) is 24.9 Å². The molecule has 2 N–H and O–H groups in total. The number of carbonyl (C=O) groups excluding carboxylic acids is 1. The standard InChI is InChI=1S/C9H15BrN2O2S/c1-2-14-9(13)3-4-11-5-8-12-7(10)6-15-8/h6,8,11-12H,2-5H2,1H3. The first-order chi connectivity index (χ1) is 7.22. The molecule has 0 fully saturated rings. The minimum absolute atomic E-state index is 0.142. The average Bonchev–Trinajstić information content (AvgIpc) is 2.60. The highest BCUT2D eigenvalue weighted by molar-refractivity contribution is 9.11. The molecule has 0 aliphatic carbocycles. The van der Waals surface area contributed by atoms with Gasteiger partial charge in [-0.3, -0.25) is 4.79 Å². The molecule has 1 aliphatic rings. The Morgan fingerprint density at radius 2 is 2.60 bits per heavy atom. The van der Waals surface area contributed by atoms with Crippen molar-refractivity contribution in [3.05, 3.63) is 10.0 Å². The fraction of sp³-hybridized carbons (Fsp3) is 0.667. The van der Waals surface area contributed by atoms with Gasteiger partial charge in [0.15, 0.2) is 0 Å². The molecule has 15 heavy (non-hydrogen) atoms. The van der Waals surface area contributed by atoms with E-state index in [0.717, 1.165) is 11.2 Å². The molecule has 0 aromatic rings. The Kier molecular flexibility index (Phi) is 6.12. The van der Waals surface area contributed by atoms with Crippen LogP contribution in [-0.4, -0.2) is 31.0 Å². The van der Waals surface area contributed by atoms with Gasteiger partial charge in [0.25, 0.3) is 0 Å². The summed E-state index contributed by atoms with van der Waals surface area (Å²) in [6.45, 7) is 3.76. The maximum absolute atomic E-state index is 11.0. The highest BCUT2D eigenvalue weighted by atomic mass is 79.9. The van der Waals surface area contributed by atoms with Crippen molar-refractivity contribution >= 4 is 33.7 Å². The summed E-state index contributed by atoms with van der Waals surface area (Å²) < 4.78 is 5.83. The highest BCUT2D eigenvalue weighted by Gasteiger charge is 2.13. The summed E-state index contributed by atoms with van der Waals surface area (Å²) in [5, 5.41) is 8.80. The third-order valence-electron chi connectivity index (χ3n) is 1.78. The Balaban J connectivity index is 1.96. The number of nitrogens with one attached hydrogen (secondary N) is 2. The predicted molar refractivity (Wildman–Crippen MR) is 65.6 cm³/mol. The molecule has 0 amide bonds. The van der Waals surface area contributed by atoms with E-state index in [9.17, 15) is 4.79 Å². The number of esters is 1. The zero-order valence-electron chi connectivity index (χ0n) is 8.59. The number of hydrogen-bond donors (Lipinski definition) is 2. The average molecular weight is 295 g/mol. The van der Waals surface area contributed by atoms with Crippen LogP contribution in [0.5, 0.6) is 0 Å². The van der Waals surface area contributed by atoms with Crippen LogP contribution >= 0.6 is 27.7 Å². The topological polar surface area (TPSA) is 50.4 Å². The quantitative estimate of drug-likeness (QED) is 0.440. The summed E-state index contributed by atoms with van der Waals surface area (Å²) in [5.74, 6) is -0.142. The van der Waals surface area contributed by atoms with Crippen molar-refractivity contribution in [2.45, 2.75) is 18.7 Å². The molecule has 0 saturated carbocycles. The largest absolute Gasteiger partial charge is 0.466 e. The first-order valence-electron chi connectivity index (χ1n) is 4.86. The van der Waals surface area contributed by atoms with Gasteiger partial charge in [-0.25, -0.2) is 0 Å². The maximum atomic E-state index is 11.0. The zero-order chi connectivity index (χ0) is 11.1. The smallest absolute Gasteiger partial charge is 0.307 e. The van der Waals surface area contributed by atoms with Crippen LogP contribution in [0.3, 0.4) is 0 Å². The SMILES string of the molecule is CCOC(=O)CCNCC1NC(Br)=CS1. The number of rotatable bonds is 6. The minimum atomic E-state index is -0.142. The summed E-state index contributed by atoms with van der Waals surface area (Å²) in [5.41, 5.74) is 0. The molecule has 0 bridgehead atoms. The second kappa shape index (κ2) is 7.14. The summed E-state index contributed by atoms with van der Waals surface area (Å²) in [6, 6.07) is 0. The number of halogens is 1. The second-order valence-electron chi connectivity index (χ2n) is 2.99. The Morgan fingerprint density at radius 1 is 1.80 bits per heavy atom. The lowest BCUT2D eigenvalue weighted by Crippen LogP contribution is -2.33. The number of ether oxygens (including phenoxy) is 1. The lowest BCUT2D eigenvalue weighted by atomic mass is 10.4. The van der Waals surface area contributed by atoms with Crippen LogP contribution in [0.4, 0.5) is 0 Å². The number of thioether (sulfide) groups is 1. The molecular formula is C9H15BrN2O2S. The molecule has 0 spiro atoms. The van der Waals surface area contributed by atoms with Crippen molar-refractivity contribution in [2.75, 3.05) is 19.7 Å². The molecule has 1 unspecified atom stereocenters. The van der Waals surface area contributed by atoms with Gasteiger partial charge < -0.3 is 15.4 Å². The molecule has 0 radical (unpaired) electrons. The summed E-state index contributed by atoms with van der Waals surface area (Å²) >= 11 is 5.08. The van der Waals surface area contributed by atoms with Gasteiger partial charge in [-0.05, 0) is 22.9 Å². The van der Waals surface area contributed by atoms with Crippen molar-refractivity contribution < 1.29 is 9.53 Å². The van der Waals surface area contributed by atoms with E-state index in [1.54, 1.807) is 11.8 Å². The Hall–Kier alpha value is -0.200. The molecule has 1 atom stereocenters. The van der Waals surface area contributed by atoms with Crippen molar-refractivity contribution in [3.63, 3.8) is 0 Å². The molecule has 0 aromatic heterocycles. The van der Waals surface area contributed by atoms with E-state index in [1.165, 1.54) is 0 Å². The summed E-state index contributed by atoms with van der Waals surface area (Å²) in [6.07, 6.45) is 0.430. The van der Waals surface area contributed by atoms with Crippen LogP contribution in [0.25, 0.3) is 0 Å². The third-order valence-corrected chi connectivity index (χ3v) is 3.52. The molecule has 4 nitrogen and oxygen atoms in total. The van der Waals surface area contributed by atoms with Crippen molar-refractivity contribution in [3.8, 4) is 0 Å². The molecular weight excluding hydrogens is 280 g/mol. The molecule has 1 rings (SSSR count). The predicted octanol–water partition coefficient (Wildman–Crippen LogP) is 1.39. The Bertz CT molecular complexity index is 248. The van der Waals surface area contributed by atoms with Crippen molar-refractivity contribution in [2.24, 2.45) is 0 Å². The van der Waals surface area contributed by atoms with Gasteiger partial charge >= 0.3 is 5.97 Å². The lowest BCUT2D eigenvalue weighted by Gasteiger charge is -2.11. The first kappa shape index (κ1) is 12.9. The second-order valence-corrected chi connectivity index (χ2v) is 4.93. The fourth-order valence-corrected chi connectivity index (χ4v) is 2.63. The van der Waals surface area contributed by atoms with Crippen LogP contribution in [0.15, 0.2) is 10.0 Å². The molecule has 0 aromatic carbocycles. The van der Waals surface area contributed by atoms with Crippen LogP contribution in [0.2, 0.25) is 0 Å². The van der Waals surface area contributed by atoms with Crippen LogP contribution in [0, 0.1) is 0 Å². The van der Waals surface area contributed by atoms with Crippen LogP contribution < -0.4 is 10.6 Å². The maximum Gasteiger partial charge on any atom is 0.307 e. The van der Waals surface area contributed by atoms with Gasteiger partial charge in [-0.2, -0.15) is 0 Å². The zero-order valence-corrected chi connectivity index (χ0v) is 11.0. The molecule has 6 heteroatoms. The first-order valence-corrected chi connectivity index (χ1v) is 6.60. The molecule has 86 valence electrons. The van der Waals surface area contributed by atoms with E-state index >= 15 is 0 Å². The molecule has 0 saturated heterocycles. The highest BCUT2D eigenvalue weighted by Crippen LogP contribution is 2.23. The summed E-state index contributed by atoms with van der Waals surface area (Å²) in [7, 11) is 0. The monoisotopic (exact) mass is 294 g/mol.